The Hall–Kier alpha value is -1.89. The Labute approximate surface area is 158 Å². The predicted molar refractivity (Wildman–Crippen MR) is 101 cm³/mol. The molecule has 2 rings (SSSR count). The van der Waals surface area contributed by atoms with Gasteiger partial charge in [-0.25, -0.2) is 4.79 Å². The maximum atomic E-state index is 12.6. The van der Waals surface area contributed by atoms with Crippen LogP contribution in [0.15, 0.2) is 0 Å². The first-order chi connectivity index (χ1) is 12.4. The summed E-state index contributed by atoms with van der Waals surface area (Å²) in [6.45, 7) is 7.94. The van der Waals surface area contributed by atoms with Gasteiger partial charge in [0.1, 0.15) is 5.00 Å². The van der Waals surface area contributed by atoms with Gasteiger partial charge in [0.25, 0.3) is 0 Å². The molecule has 0 saturated heterocycles. The molecule has 1 amide bonds. The highest BCUT2D eigenvalue weighted by Crippen LogP contribution is 2.44. The van der Waals surface area contributed by atoms with Gasteiger partial charge in [0.15, 0.2) is 0 Å². The number of nitrogens with one attached hydrogen (secondary N) is 1. The van der Waals surface area contributed by atoms with E-state index in [0.29, 0.717) is 35.6 Å². The van der Waals surface area contributed by atoms with Gasteiger partial charge in [0.05, 0.1) is 24.7 Å². The molecule has 26 heavy (non-hydrogen) atoms. The van der Waals surface area contributed by atoms with Crippen molar-refractivity contribution in [1.82, 2.24) is 0 Å². The van der Waals surface area contributed by atoms with E-state index in [1.165, 1.54) is 11.3 Å². The molecule has 1 aromatic heterocycles. The average Bonchev–Trinajstić information content (AvgIpc) is 2.91. The van der Waals surface area contributed by atoms with Crippen LogP contribution in [0.3, 0.4) is 0 Å². The largest absolute Gasteiger partial charge is 0.466 e. The fourth-order valence-corrected chi connectivity index (χ4v) is 4.48. The van der Waals surface area contributed by atoms with Crippen molar-refractivity contribution in [2.75, 3.05) is 18.5 Å². The lowest BCUT2D eigenvalue weighted by Crippen LogP contribution is -2.23. The van der Waals surface area contributed by atoms with Crippen LogP contribution in [0.4, 0.5) is 5.00 Å². The SMILES string of the molecule is CCOC(=O)c1c(NC(=O)CC(C)C)sc2c1C(C(=O)OCC)CCC2. The van der Waals surface area contributed by atoms with E-state index in [1.807, 2.05) is 13.8 Å². The Morgan fingerprint density at radius 3 is 2.50 bits per heavy atom. The fourth-order valence-electron chi connectivity index (χ4n) is 3.18. The Morgan fingerprint density at radius 1 is 1.19 bits per heavy atom. The van der Waals surface area contributed by atoms with Crippen LogP contribution in [0, 0.1) is 5.92 Å². The second-order valence-electron chi connectivity index (χ2n) is 6.71. The molecule has 0 aromatic carbocycles. The zero-order chi connectivity index (χ0) is 19.3. The molecule has 0 aliphatic heterocycles. The molecule has 1 aromatic rings. The number of thiophene rings is 1. The van der Waals surface area contributed by atoms with E-state index in [9.17, 15) is 14.4 Å². The van der Waals surface area contributed by atoms with E-state index in [2.05, 4.69) is 5.32 Å². The standard InChI is InChI=1S/C19H27NO5S/c1-5-24-18(22)12-8-7-9-13-15(12)16(19(23)25-6-2)17(26-13)20-14(21)10-11(3)4/h11-12H,5-10H2,1-4H3,(H,20,21). The number of ether oxygens (including phenoxy) is 2. The summed E-state index contributed by atoms with van der Waals surface area (Å²) in [5, 5.41) is 3.34. The highest BCUT2D eigenvalue weighted by atomic mass is 32.1. The van der Waals surface area contributed by atoms with Gasteiger partial charge < -0.3 is 14.8 Å². The van der Waals surface area contributed by atoms with Crippen molar-refractivity contribution in [3.8, 4) is 0 Å². The van der Waals surface area contributed by atoms with Gasteiger partial charge in [-0.15, -0.1) is 11.3 Å². The lowest BCUT2D eigenvalue weighted by atomic mass is 9.85. The first-order valence-corrected chi connectivity index (χ1v) is 9.99. The van der Waals surface area contributed by atoms with E-state index in [1.54, 1.807) is 13.8 Å². The lowest BCUT2D eigenvalue weighted by molar-refractivity contribution is -0.145. The van der Waals surface area contributed by atoms with Crippen LogP contribution in [-0.2, 0) is 25.5 Å². The molecule has 144 valence electrons. The molecule has 1 unspecified atom stereocenters. The number of rotatable bonds is 7. The van der Waals surface area contributed by atoms with E-state index in [4.69, 9.17) is 9.47 Å². The number of amides is 1. The maximum Gasteiger partial charge on any atom is 0.341 e. The van der Waals surface area contributed by atoms with Crippen molar-refractivity contribution in [1.29, 1.82) is 0 Å². The van der Waals surface area contributed by atoms with E-state index in [0.717, 1.165) is 17.7 Å². The van der Waals surface area contributed by atoms with Crippen LogP contribution in [0.2, 0.25) is 0 Å². The minimum atomic E-state index is -0.499. The van der Waals surface area contributed by atoms with Crippen molar-refractivity contribution in [3.63, 3.8) is 0 Å². The van der Waals surface area contributed by atoms with Crippen molar-refractivity contribution >= 4 is 34.2 Å². The normalized spacial score (nSPS) is 16.1. The zero-order valence-electron chi connectivity index (χ0n) is 15.8. The molecule has 0 radical (unpaired) electrons. The summed E-state index contributed by atoms with van der Waals surface area (Å²) in [6.07, 6.45) is 2.63. The van der Waals surface area contributed by atoms with Gasteiger partial charge in [-0.05, 0) is 44.6 Å². The van der Waals surface area contributed by atoms with Gasteiger partial charge in [0.2, 0.25) is 5.91 Å². The van der Waals surface area contributed by atoms with Crippen LogP contribution in [-0.4, -0.2) is 31.1 Å². The van der Waals surface area contributed by atoms with Crippen LogP contribution < -0.4 is 5.32 Å². The second-order valence-corrected chi connectivity index (χ2v) is 7.81. The van der Waals surface area contributed by atoms with E-state index < -0.39 is 11.9 Å². The molecule has 0 spiro atoms. The summed E-state index contributed by atoms with van der Waals surface area (Å²) in [7, 11) is 0. The number of anilines is 1. The Bertz CT molecular complexity index is 680. The van der Waals surface area contributed by atoms with Gasteiger partial charge in [-0.2, -0.15) is 0 Å². The Morgan fingerprint density at radius 2 is 1.88 bits per heavy atom. The molecule has 1 heterocycles. The minimum absolute atomic E-state index is 0.142. The van der Waals surface area contributed by atoms with Gasteiger partial charge in [-0.3, -0.25) is 9.59 Å². The Balaban J connectivity index is 2.44. The molecular formula is C19H27NO5S. The number of esters is 2. The minimum Gasteiger partial charge on any atom is -0.466 e. The number of hydrogen-bond acceptors (Lipinski definition) is 6. The zero-order valence-corrected chi connectivity index (χ0v) is 16.7. The monoisotopic (exact) mass is 381 g/mol. The quantitative estimate of drug-likeness (QED) is 0.725. The third-order valence-corrected chi connectivity index (χ3v) is 5.35. The summed E-state index contributed by atoms with van der Waals surface area (Å²) in [4.78, 5) is 38.2. The summed E-state index contributed by atoms with van der Waals surface area (Å²) in [5.74, 6) is -1.23. The molecule has 0 fully saturated rings. The van der Waals surface area contributed by atoms with Crippen molar-refractivity contribution in [2.24, 2.45) is 5.92 Å². The smallest absolute Gasteiger partial charge is 0.341 e. The summed E-state index contributed by atoms with van der Waals surface area (Å²) < 4.78 is 10.4. The molecule has 1 N–H and O–H groups in total. The fraction of sp³-hybridized carbons (Fsp3) is 0.632. The molecule has 1 atom stereocenters. The Kier molecular flexibility index (Phi) is 7.20. The molecule has 1 aliphatic rings. The lowest BCUT2D eigenvalue weighted by Gasteiger charge is -2.22. The summed E-state index contributed by atoms with van der Waals surface area (Å²) >= 11 is 1.37. The van der Waals surface area contributed by atoms with Gasteiger partial charge in [-0.1, -0.05) is 13.8 Å². The topological polar surface area (TPSA) is 81.7 Å². The number of hydrogen-bond donors (Lipinski definition) is 1. The summed E-state index contributed by atoms with van der Waals surface area (Å²) in [5.41, 5.74) is 1.000. The highest BCUT2D eigenvalue weighted by Gasteiger charge is 2.36. The first-order valence-electron chi connectivity index (χ1n) is 9.18. The van der Waals surface area contributed by atoms with Crippen molar-refractivity contribution in [2.45, 2.75) is 59.3 Å². The average molecular weight is 381 g/mol. The van der Waals surface area contributed by atoms with Crippen molar-refractivity contribution in [3.05, 3.63) is 16.0 Å². The second kappa shape index (κ2) is 9.16. The number of aryl methyl sites for hydroxylation is 1. The van der Waals surface area contributed by atoms with E-state index >= 15 is 0 Å². The van der Waals surface area contributed by atoms with Crippen molar-refractivity contribution < 1.29 is 23.9 Å². The molecule has 0 bridgehead atoms. The molecule has 0 saturated carbocycles. The van der Waals surface area contributed by atoms with Crippen LogP contribution in [0.25, 0.3) is 0 Å². The molecule has 7 heteroatoms. The molecular weight excluding hydrogens is 354 g/mol. The predicted octanol–water partition coefficient (Wildman–Crippen LogP) is 3.89. The third kappa shape index (κ3) is 4.63. The number of carbonyl (C=O) groups excluding carboxylic acids is 3. The maximum absolute atomic E-state index is 12.6. The van der Waals surface area contributed by atoms with Crippen LogP contribution in [0.1, 0.15) is 73.7 Å². The highest BCUT2D eigenvalue weighted by molar-refractivity contribution is 7.17. The molecule has 6 nitrogen and oxygen atoms in total. The number of fused-ring (bicyclic) bond motifs is 1. The van der Waals surface area contributed by atoms with Crippen LogP contribution in [0.5, 0.6) is 0 Å². The third-order valence-electron chi connectivity index (χ3n) is 4.16. The van der Waals surface area contributed by atoms with Gasteiger partial charge in [0, 0.05) is 11.3 Å². The van der Waals surface area contributed by atoms with E-state index in [-0.39, 0.29) is 24.4 Å². The summed E-state index contributed by atoms with van der Waals surface area (Å²) in [6, 6.07) is 0. The number of carbonyl (C=O) groups is 3. The van der Waals surface area contributed by atoms with Crippen LogP contribution >= 0.6 is 11.3 Å². The molecule has 1 aliphatic carbocycles. The van der Waals surface area contributed by atoms with Gasteiger partial charge >= 0.3 is 11.9 Å². The first kappa shape index (κ1) is 20.4.